The zero-order valence-corrected chi connectivity index (χ0v) is 18.1. The number of anilines is 1. The standard InChI is InChI=1S/C21H22N4O6S/c1-14-6-7-15(12-18(14)32(29,30)24-8-10-31-11-9-24)22-19(26)13-25-21(28)17-5-3-2-4-16(17)20(27)23-25/h2-7,12H,8-11,13H2,1H3,(H,22,26)(H,23,27). The summed E-state index contributed by atoms with van der Waals surface area (Å²) in [6.07, 6.45) is 0. The number of aromatic amines is 1. The molecule has 1 amide bonds. The highest BCUT2D eigenvalue weighted by atomic mass is 32.2. The number of nitrogens with zero attached hydrogens (tertiary/aromatic N) is 2. The molecule has 168 valence electrons. The SMILES string of the molecule is Cc1ccc(NC(=O)Cn2[nH]c(=O)c3ccccc3c2=O)cc1S(=O)(=O)N1CCOCC1. The van der Waals surface area contributed by atoms with Crippen LogP contribution < -0.4 is 16.4 Å². The summed E-state index contributed by atoms with van der Waals surface area (Å²) in [5, 5.41) is 5.44. The normalized spacial score (nSPS) is 15.0. The topological polar surface area (TPSA) is 131 Å². The van der Waals surface area contributed by atoms with Crippen molar-refractivity contribution < 1.29 is 17.9 Å². The number of benzene rings is 2. The van der Waals surface area contributed by atoms with Gasteiger partial charge in [-0.1, -0.05) is 18.2 Å². The molecule has 2 heterocycles. The van der Waals surface area contributed by atoms with Crippen LogP contribution in [0.1, 0.15) is 5.56 Å². The molecule has 0 bridgehead atoms. The molecule has 0 aliphatic carbocycles. The molecule has 2 aromatic carbocycles. The van der Waals surface area contributed by atoms with Gasteiger partial charge in [0.05, 0.1) is 28.9 Å². The number of fused-ring (bicyclic) bond motifs is 1. The number of aromatic nitrogens is 2. The lowest BCUT2D eigenvalue weighted by atomic mass is 10.2. The summed E-state index contributed by atoms with van der Waals surface area (Å²) in [6.45, 7) is 2.42. The number of rotatable bonds is 5. The van der Waals surface area contributed by atoms with Crippen molar-refractivity contribution in [1.82, 2.24) is 14.1 Å². The van der Waals surface area contributed by atoms with E-state index in [0.717, 1.165) is 4.68 Å². The van der Waals surface area contributed by atoms with Crippen molar-refractivity contribution in [3.8, 4) is 0 Å². The molecule has 1 aliphatic rings. The van der Waals surface area contributed by atoms with Gasteiger partial charge in [-0.05, 0) is 36.8 Å². The Morgan fingerprint density at radius 2 is 1.78 bits per heavy atom. The zero-order chi connectivity index (χ0) is 22.9. The Bertz CT molecular complexity index is 1400. The first-order chi connectivity index (χ1) is 15.3. The Kier molecular flexibility index (Phi) is 5.96. The second-order valence-electron chi connectivity index (χ2n) is 7.42. The van der Waals surface area contributed by atoms with Crippen LogP contribution in [-0.4, -0.2) is 54.7 Å². The maximum absolute atomic E-state index is 13.0. The molecule has 1 aromatic heterocycles. The van der Waals surface area contributed by atoms with E-state index in [0.29, 0.717) is 18.8 Å². The molecule has 1 fully saturated rings. The van der Waals surface area contributed by atoms with E-state index < -0.39 is 33.6 Å². The Morgan fingerprint density at radius 1 is 1.09 bits per heavy atom. The van der Waals surface area contributed by atoms with Crippen LogP contribution in [0.15, 0.2) is 56.9 Å². The maximum Gasteiger partial charge on any atom is 0.273 e. The van der Waals surface area contributed by atoms with Crippen LogP contribution in [-0.2, 0) is 26.1 Å². The minimum absolute atomic E-state index is 0.0912. The predicted octanol–water partition coefficient (Wildman–Crippen LogP) is 0.658. The zero-order valence-electron chi connectivity index (χ0n) is 17.3. The van der Waals surface area contributed by atoms with Crippen molar-refractivity contribution in [3.05, 3.63) is 68.7 Å². The van der Waals surface area contributed by atoms with Gasteiger partial charge in [-0.25, -0.2) is 13.1 Å². The summed E-state index contributed by atoms with van der Waals surface area (Å²) in [5.41, 5.74) is -0.176. The number of ether oxygens (including phenoxy) is 1. The van der Waals surface area contributed by atoms with Crippen LogP contribution in [0.2, 0.25) is 0 Å². The van der Waals surface area contributed by atoms with Crippen LogP contribution in [0.4, 0.5) is 5.69 Å². The summed E-state index contributed by atoms with van der Waals surface area (Å²) in [4.78, 5) is 37.4. The van der Waals surface area contributed by atoms with Gasteiger partial charge in [0.2, 0.25) is 15.9 Å². The number of morpholine rings is 1. The molecule has 4 rings (SSSR count). The van der Waals surface area contributed by atoms with Crippen LogP contribution in [0.5, 0.6) is 0 Å². The largest absolute Gasteiger partial charge is 0.379 e. The highest BCUT2D eigenvalue weighted by Gasteiger charge is 2.28. The molecule has 0 spiro atoms. The van der Waals surface area contributed by atoms with Crippen molar-refractivity contribution in [2.75, 3.05) is 31.6 Å². The van der Waals surface area contributed by atoms with Crippen molar-refractivity contribution >= 4 is 32.4 Å². The first kappa shape index (κ1) is 21.9. The number of amides is 1. The fraction of sp³-hybridized carbons (Fsp3) is 0.286. The van der Waals surface area contributed by atoms with E-state index in [1.54, 1.807) is 31.2 Å². The van der Waals surface area contributed by atoms with Crippen LogP contribution in [0.3, 0.4) is 0 Å². The van der Waals surface area contributed by atoms with Gasteiger partial charge in [0.15, 0.2) is 0 Å². The molecule has 3 aromatic rings. The van der Waals surface area contributed by atoms with E-state index in [4.69, 9.17) is 4.74 Å². The Hall–Kier alpha value is -3.28. The molecule has 32 heavy (non-hydrogen) atoms. The number of hydrogen-bond donors (Lipinski definition) is 2. The molecule has 2 N–H and O–H groups in total. The van der Waals surface area contributed by atoms with Gasteiger partial charge in [-0.2, -0.15) is 4.31 Å². The van der Waals surface area contributed by atoms with Gasteiger partial charge >= 0.3 is 0 Å². The molecular formula is C21H22N4O6S. The van der Waals surface area contributed by atoms with E-state index >= 15 is 0 Å². The molecule has 0 atom stereocenters. The number of aryl methyl sites for hydroxylation is 1. The Labute approximate surface area is 183 Å². The van der Waals surface area contributed by atoms with Gasteiger partial charge in [0.1, 0.15) is 6.54 Å². The number of hydrogen-bond acceptors (Lipinski definition) is 6. The molecule has 0 saturated carbocycles. The number of sulfonamides is 1. The summed E-state index contributed by atoms with van der Waals surface area (Å²) < 4.78 is 33.5. The van der Waals surface area contributed by atoms with E-state index in [1.807, 2.05) is 0 Å². The van der Waals surface area contributed by atoms with Gasteiger partial charge in [-0.15, -0.1) is 0 Å². The molecule has 11 heteroatoms. The lowest BCUT2D eigenvalue weighted by Crippen LogP contribution is -2.40. The molecule has 10 nitrogen and oxygen atoms in total. The highest BCUT2D eigenvalue weighted by molar-refractivity contribution is 7.89. The maximum atomic E-state index is 13.0. The third-order valence-electron chi connectivity index (χ3n) is 5.25. The quantitative estimate of drug-likeness (QED) is 0.578. The number of carbonyl (C=O) groups excluding carboxylic acids is 1. The highest BCUT2D eigenvalue weighted by Crippen LogP contribution is 2.24. The minimum atomic E-state index is -3.75. The minimum Gasteiger partial charge on any atom is -0.379 e. The van der Waals surface area contributed by atoms with Crippen molar-refractivity contribution in [2.45, 2.75) is 18.4 Å². The average Bonchev–Trinajstić information content (AvgIpc) is 2.79. The van der Waals surface area contributed by atoms with Crippen LogP contribution in [0, 0.1) is 6.92 Å². The van der Waals surface area contributed by atoms with Crippen LogP contribution >= 0.6 is 0 Å². The monoisotopic (exact) mass is 458 g/mol. The first-order valence-electron chi connectivity index (χ1n) is 9.97. The van der Waals surface area contributed by atoms with Crippen molar-refractivity contribution in [2.24, 2.45) is 0 Å². The second-order valence-corrected chi connectivity index (χ2v) is 9.33. The van der Waals surface area contributed by atoms with Gasteiger partial charge in [0, 0.05) is 18.8 Å². The molecule has 1 aliphatic heterocycles. The van der Waals surface area contributed by atoms with Gasteiger partial charge in [-0.3, -0.25) is 19.5 Å². The predicted molar refractivity (Wildman–Crippen MR) is 118 cm³/mol. The molecule has 0 unspecified atom stereocenters. The number of carbonyl (C=O) groups is 1. The molecular weight excluding hydrogens is 436 g/mol. The first-order valence-corrected chi connectivity index (χ1v) is 11.4. The summed E-state index contributed by atoms with van der Waals surface area (Å²) in [6, 6.07) is 10.9. The van der Waals surface area contributed by atoms with E-state index in [1.165, 1.54) is 22.5 Å². The molecule has 1 saturated heterocycles. The van der Waals surface area contributed by atoms with E-state index in [-0.39, 0.29) is 34.4 Å². The summed E-state index contributed by atoms with van der Waals surface area (Å²) >= 11 is 0. The van der Waals surface area contributed by atoms with Crippen molar-refractivity contribution in [3.63, 3.8) is 0 Å². The Morgan fingerprint density at radius 3 is 2.50 bits per heavy atom. The third kappa shape index (κ3) is 4.22. The van der Waals surface area contributed by atoms with Crippen LogP contribution in [0.25, 0.3) is 10.8 Å². The average molecular weight is 458 g/mol. The second kappa shape index (κ2) is 8.69. The summed E-state index contributed by atoms with van der Waals surface area (Å²) in [7, 11) is -3.75. The van der Waals surface area contributed by atoms with E-state index in [9.17, 15) is 22.8 Å². The lowest BCUT2D eigenvalue weighted by Gasteiger charge is -2.26. The Balaban J connectivity index is 1.58. The van der Waals surface area contributed by atoms with E-state index in [2.05, 4.69) is 10.4 Å². The van der Waals surface area contributed by atoms with Gasteiger partial charge in [0.25, 0.3) is 11.1 Å². The molecule has 0 radical (unpaired) electrons. The summed E-state index contributed by atoms with van der Waals surface area (Å²) in [5.74, 6) is -0.586. The number of nitrogens with one attached hydrogen (secondary N) is 2. The fourth-order valence-electron chi connectivity index (χ4n) is 3.58. The van der Waals surface area contributed by atoms with Gasteiger partial charge < -0.3 is 10.1 Å². The lowest BCUT2D eigenvalue weighted by molar-refractivity contribution is -0.117. The smallest absolute Gasteiger partial charge is 0.273 e. The van der Waals surface area contributed by atoms with Crippen molar-refractivity contribution in [1.29, 1.82) is 0 Å². The fourth-order valence-corrected chi connectivity index (χ4v) is 5.24. The number of H-pyrrole nitrogens is 1. The third-order valence-corrected chi connectivity index (χ3v) is 7.29.